The van der Waals surface area contributed by atoms with E-state index in [4.69, 9.17) is 4.52 Å². The zero-order chi connectivity index (χ0) is 28.6. The molecule has 4 amide bonds. The van der Waals surface area contributed by atoms with Gasteiger partial charge in [-0.3, -0.25) is 19.8 Å². The number of H-pyrrole nitrogens is 1. The molecule has 5 N–H and O–H groups in total. The maximum Gasteiger partial charge on any atom is 0.324 e. The number of urea groups is 1. The highest BCUT2D eigenvalue weighted by molar-refractivity contribution is 6.35. The number of hydrogen-bond donors (Lipinski definition) is 5. The minimum absolute atomic E-state index is 0.0440. The molecule has 0 unspecified atom stereocenters. The highest BCUT2D eigenvalue weighted by Gasteiger charge is 2.26. The van der Waals surface area contributed by atoms with Crippen molar-refractivity contribution in [2.75, 3.05) is 40.9 Å². The summed E-state index contributed by atoms with van der Waals surface area (Å²) in [5.74, 6) is 0.675. The number of carbonyl (C=O) groups excluding carboxylic acids is 3. The topological polar surface area (TPSA) is 144 Å². The van der Waals surface area contributed by atoms with E-state index in [1.165, 1.54) is 0 Å². The zero-order valence-electron chi connectivity index (χ0n) is 23.4. The molecule has 4 heterocycles. The summed E-state index contributed by atoms with van der Waals surface area (Å²) >= 11 is 0. The third kappa shape index (κ3) is 5.79. The summed E-state index contributed by atoms with van der Waals surface area (Å²) in [4.78, 5) is 43.5. The van der Waals surface area contributed by atoms with Gasteiger partial charge in [-0.15, -0.1) is 0 Å². The second-order valence-electron chi connectivity index (χ2n) is 11.4. The molecule has 2 aromatic heterocycles. The molecule has 2 aliphatic rings. The highest BCUT2D eigenvalue weighted by atomic mass is 16.5. The van der Waals surface area contributed by atoms with Crippen molar-refractivity contribution in [2.45, 2.75) is 52.9 Å². The van der Waals surface area contributed by atoms with Gasteiger partial charge in [0.2, 0.25) is 5.91 Å². The Morgan fingerprint density at radius 3 is 2.55 bits per heavy atom. The number of benzene rings is 1. The van der Waals surface area contributed by atoms with Crippen molar-refractivity contribution < 1.29 is 18.9 Å². The fraction of sp³-hybridized carbons (Fsp3) is 0.379. The number of aryl methyl sites for hydroxylation is 1. The molecular formula is C29H35N7O4. The van der Waals surface area contributed by atoms with Gasteiger partial charge in [-0.1, -0.05) is 32.0 Å². The van der Waals surface area contributed by atoms with Crippen LogP contribution in [0.4, 0.5) is 27.7 Å². The first-order valence-electron chi connectivity index (χ1n) is 13.4. The van der Waals surface area contributed by atoms with Crippen molar-refractivity contribution in [3.8, 4) is 0 Å². The number of aromatic amines is 1. The lowest BCUT2D eigenvalue weighted by atomic mass is 9.93. The first kappa shape index (κ1) is 27.2. The van der Waals surface area contributed by atoms with Crippen LogP contribution in [0.2, 0.25) is 0 Å². The second-order valence-corrected chi connectivity index (χ2v) is 11.4. The zero-order valence-corrected chi connectivity index (χ0v) is 23.4. The van der Waals surface area contributed by atoms with Crippen molar-refractivity contribution in [3.63, 3.8) is 0 Å². The number of nitrogens with zero attached hydrogens (tertiary/aromatic N) is 2. The minimum atomic E-state index is -0.481. The summed E-state index contributed by atoms with van der Waals surface area (Å²) < 4.78 is 5.30. The third-order valence-corrected chi connectivity index (χ3v) is 7.15. The fourth-order valence-electron chi connectivity index (χ4n) is 4.95. The van der Waals surface area contributed by atoms with E-state index in [9.17, 15) is 14.4 Å². The number of likely N-dealkylation sites (tertiary alicyclic amines) is 1. The van der Waals surface area contributed by atoms with Gasteiger partial charge in [0.15, 0.2) is 5.82 Å². The van der Waals surface area contributed by atoms with Gasteiger partial charge < -0.3 is 25.5 Å². The van der Waals surface area contributed by atoms with Crippen LogP contribution in [0.15, 0.2) is 28.8 Å². The van der Waals surface area contributed by atoms with Crippen molar-refractivity contribution in [1.29, 1.82) is 0 Å². The van der Waals surface area contributed by atoms with E-state index in [2.05, 4.69) is 36.3 Å². The number of fused-ring (bicyclic) bond motifs is 1. The Kier molecular flexibility index (Phi) is 7.24. The predicted octanol–water partition coefficient (Wildman–Crippen LogP) is 5.09. The highest BCUT2D eigenvalue weighted by Crippen LogP contribution is 2.36. The Hall–Kier alpha value is -4.38. The van der Waals surface area contributed by atoms with Gasteiger partial charge in [0.25, 0.3) is 5.91 Å². The Bertz CT molecular complexity index is 1500. The van der Waals surface area contributed by atoms with Gasteiger partial charge in [-0.05, 0) is 63.6 Å². The average molecular weight is 546 g/mol. The lowest BCUT2D eigenvalue weighted by Crippen LogP contribution is -2.31. The van der Waals surface area contributed by atoms with Crippen LogP contribution in [0.1, 0.15) is 61.9 Å². The van der Waals surface area contributed by atoms with Gasteiger partial charge in [-0.25, -0.2) is 4.79 Å². The molecule has 0 aliphatic carbocycles. The van der Waals surface area contributed by atoms with Gasteiger partial charge in [-0.2, -0.15) is 0 Å². The first-order valence-corrected chi connectivity index (χ1v) is 13.4. The van der Waals surface area contributed by atoms with E-state index >= 15 is 0 Å². The van der Waals surface area contributed by atoms with Crippen molar-refractivity contribution in [3.05, 3.63) is 52.5 Å². The number of carbonyl (C=O) groups is 3. The molecule has 40 heavy (non-hydrogen) atoms. The van der Waals surface area contributed by atoms with Crippen molar-refractivity contribution >= 4 is 52.4 Å². The first-order chi connectivity index (χ1) is 19.0. The Balaban J connectivity index is 1.28. The third-order valence-electron chi connectivity index (χ3n) is 7.15. The molecule has 11 nitrogen and oxygen atoms in total. The van der Waals surface area contributed by atoms with Crippen LogP contribution in [-0.2, 0) is 15.0 Å². The molecule has 0 saturated carbocycles. The Morgan fingerprint density at radius 1 is 1.10 bits per heavy atom. The molecule has 0 spiro atoms. The van der Waals surface area contributed by atoms with Crippen LogP contribution in [0.5, 0.6) is 0 Å². The lowest BCUT2D eigenvalue weighted by molar-refractivity contribution is -0.117. The van der Waals surface area contributed by atoms with E-state index in [0.29, 0.717) is 40.6 Å². The summed E-state index contributed by atoms with van der Waals surface area (Å²) in [6.07, 6.45) is 4.04. The molecule has 210 valence electrons. The average Bonchev–Trinajstić information content (AvgIpc) is 3.66. The van der Waals surface area contributed by atoms with E-state index in [1.807, 2.05) is 34.6 Å². The Morgan fingerprint density at radius 2 is 1.85 bits per heavy atom. The monoisotopic (exact) mass is 545 g/mol. The maximum atomic E-state index is 12.9. The summed E-state index contributed by atoms with van der Waals surface area (Å²) in [5.41, 5.74) is 5.24. The van der Waals surface area contributed by atoms with Crippen molar-refractivity contribution in [1.82, 2.24) is 15.0 Å². The largest absolute Gasteiger partial charge is 0.359 e. The van der Waals surface area contributed by atoms with Crippen LogP contribution in [0.25, 0.3) is 11.6 Å². The van der Waals surface area contributed by atoms with E-state index in [-0.39, 0.29) is 17.2 Å². The van der Waals surface area contributed by atoms with Crippen LogP contribution in [0, 0.1) is 13.8 Å². The van der Waals surface area contributed by atoms with Crippen LogP contribution in [-0.4, -0.2) is 52.5 Å². The maximum absolute atomic E-state index is 12.9. The molecule has 1 saturated heterocycles. The molecule has 5 rings (SSSR count). The van der Waals surface area contributed by atoms with Crippen molar-refractivity contribution in [2.24, 2.45) is 0 Å². The molecule has 2 aliphatic heterocycles. The van der Waals surface area contributed by atoms with Crippen LogP contribution in [0.3, 0.4) is 0 Å². The molecule has 0 atom stereocenters. The van der Waals surface area contributed by atoms with Crippen LogP contribution < -0.4 is 21.3 Å². The minimum Gasteiger partial charge on any atom is -0.359 e. The smallest absolute Gasteiger partial charge is 0.324 e. The number of hydrogen-bond acceptors (Lipinski definition) is 6. The van der Waals surface area contributed by atoms with Gasteiger partial charge in [0.1, 0.15) is 5.76 Å². The van der Waals surface area contributed by atoms with Gasteiger partial charge in [0.05, 0.1) is 23.5 Å². The summed E-state index contributed by atoms with van der Waals surface area (Å²) in [6, 6.07) is 6.42. The van der Waals surface area contributed by atoms with E-state index < -0.39 is 6.03 Å². The summed E-state index contributed by atoms with van der Waals surface area (Å²) in [5, 5.41) is 15.2. The molecule has 1 aromatic carbocycles. The predicted molar refractivity (Wildman–Crippen MR) is 155 cm³/mol. The fourth-order valence-corrected chi connectivity index (χ4v) is 4.95. The van der Waals surface area contributed by atoms with E-state index in [0.717, 1.165) is 48.6 Å². The SMILES string of the molecule is Cc1[nH]c(C=C2C(=O)Nc3cc(NC(=O)Nc4cc(C(C)(C)C)on4)ccc32)c(C)c1NC(=O)CN1CCCC1. The van der Waals surface area contributed by atoms with Gasteiger partial charge >= 0.3 is 6.03 Å². The van der Waals surface area contributed by atoms with Crippen LogP contribution >= 0.6 is 0 Å². The number of anilines is 4. The quantitative estimate of drug-likeness (QED) is 0.273. The number of rotatable bonds is 6. The molecule has 1 fully saturated rings. The Labute approximate surface area is 232 Å². The molecular weight excluding hydrogens is 510 g/mol. The second kappa shape index (κ2) is 10.6. The molecule has 0 bridgehead atoms. The van der Waals surface area contributed by atoms with E-state index in [1.54, 1.807) is 30.3 Å². The lowest BCUT2D eigenvalue weighted by Gasteiger charge is -2.14. The molecule has 11 heteroatoms. The molecule has 3 aromatic rings. The number of nitrogens with one attached hydrogen (secondary N) is 5. The summed E-state index contributed by atoms with van der Waals surface area (Å²) in [6.45, 7) is 12.1. The summed E-state index contributed by atoms with van der Waals surface area (Å²) in [7, 11) is 0. The standard InChI is InChI=1S/C29H35N7O4/c1-16-21(30-17(2)26(16)34-25(37)15-36-10-6-7-11-36)13-20-19-9-8-18(12-22(19)32-27(20)38)31-28(39)33-24-14-23(40-35-24)29(3,4)5/h8-9,12-14,30H,6-7,10-11,15H2,1-5H3,(H,32,38)(H,34,37)(H2,31,33,35,39). The number of amides is 4. The van der Waals surface area contributed by atoms with Gasteiger partial charge in [0, 0.05) is 34.1 Å². The normalized spacial score (nSPS) is 16.2. The number of aromatic nitrogens is 2. The molecule has 0 radical (unpaired) electrons.